The quantitative estimate of drug-likeness (QED) is 0.660. The first-order valence-corrected chi connectivity index (χ1v) is 10.6. The van der Waals surface area contributed by atoms with E-state index in [1.54, 1.807) is 19.1 Å². The van der Waals surface area contributed by atoms with Crippen LogP contribution in [0, 0.1) is 0 Å². The van der Waals surface area contributed by atoms with Crippen LogP contribution in [-0.2, 0) is 21.5 Å². The van der Waals surface area contributed by atoms with E-state index in [0.717, 1.165) is 11.1 Å². The number of nitrogens with zero attached hydrogens (tertiary/aromatic N) is 1. The molecule has 0 spiro atoms. The first-order chi connectivity index (χ1) is 14.7. The highest BCUT2D eigenvalue weighted by molar-refractivity contribution is 5.88. The summed E-state index contributed by atoms with van der Waals surface area (Å²) in [6, 6.07) is 14.6. The van der Waals surface area contributed by atoms with Gasteiger partial charge in [-0.2, -0.15) is 0 Å². The van der Waals surface area contributed by atoms with Crippen LogP contribution < -0.4 is 14.8 Å². The van der Waals surface area contributed by atoms with E-state index in [2.05, 4.69) is 26.1 Å². The third-order valence-electron chi connectivity index (χ3n) is 5.17. The molecular weight excluding hydrogens is 392 g/mol. The molecule has 0 heterocycles. The van der Waals surface area contributed by atoms with Crippen LogP contribution in [0.1, 0.15) is 45.2 Å². The Kier molecular flexibility index (Phi) is 8.48. The van der Waals surface area contributed by atoms with Crippen LogP contribution >= 0.6 is 0 Å². The average Bonchev–Trinajstić information content (AvgIpc) is 2.76. The molecule has 6 nitrogen and oxygen atoms in total. The number of likely N-dealkylation sites (N-methyl/N-ethyl adjacent to an activating group) is 1. The van der Waals surface area contributed by atoms with Crippen molar-refractivity contribution < 1.29 is 19.1 Å². The summed E-state index contributed by atoms with van der Waals surface area (Å²) in [5.41, 5.74) is 1.79. The van der Waals surface area contributed by atoms with Crippen molar-refractivity contribution in [3.63, 3.8) is 0 Å². The van der Waals surface area contributed by atoms with Gasteiger partial charge in [-0.1, -0.05) is 58.0 Å². The van der Waals surface area contributed by atoms with E-state index in [9.17, 15) is 9.59 Å². The Hall–Kier alpha value is -3.02. The number of nitrogens with one attached hydrogen (secondary N) is 1. The maximum absolute atomic E-state index is 13.2. The number of carbonyl (C=O) groups excluding carboxylic acids is 2. The standard InChI is InChI=1S/C25H34N2O4/c1-7-21(24(29)26-5)27(16-18-11-10-12-19(15-18)30-6)23(28)17-31-22-14-9-8-13-20(22)25(2,3)4/h8-15,21H,7,16-17H2,1-6H3,(H,26,29)/t21-/m0/s1. The molecule has 2 amide bonds. The second-order valence-corrected chi connectivity index (χ2v) is 8.45. The molecule has 0 aliphatic carbocycles. The van der Waals surface area contributed by atoms with Crippen molar-refractivity contribution in [3.8, 4) is 11.5 Å². The molecule has 0 saturated carbocycles. The van der Waals surface area contributed by atoms with Gasteiger partial charge < -0.3 is 19.7 Å². The lowest BCUT2D eigenvalue weighted by Gasteiger charge is -2.30. The Labute approximate surface area is 185 Å². The molecule has 0 aliphatic heterocycles. The summed E-state index contributed by atoms with van der Waals surface area (Å²) < 4.78 is 11.2. The predicted molar refractivity (Wildman–Crippen MR) is 122 cm³/mol. The molecule has 0 aliphatic rings. The van der Waals surface area contributed by atoms with Crippen molar-refractivity contribution in [2.24, 2.45) is 0 Å². The molecule has 0 aromatic heterocycles. The summed E-state index contributed by atoms with van der Waals surface area (Å²) in [5.74, 6) is 0.932. The minimum atomic E-state index is -0.592. The van der Waals surface area contributed by atoms with Gasteiger partial charge in [0.05, 0.1) is 7.11 Å². The van der Waals surface area contributed by atoms with Gasteiger partial charge in [-0.3, -0.25) is 9.59 Å². The zero-order valence-electron chi connectivity index (χ0n) is 19.4. The molecule has 31 heavy (non-hydrogen) atoms. The third kappa shape index (κ3) is 6.48. The van der Waals surface area contributed by atoms with Crippen molar-refractivity contribution in [2.45, 2.75) is 52.1 Å². The largest absolute Gasteiger partial charge is 0.497 e. The van der Waals surface area contributed by atoms with Crippen molar-refractivity contribution in [3.05, 3.63) is 59.7 Å². The Morgan fingerprint density at radius 2 is 1.81 bits per heavy atom. The summed E-state index contributed by atoms with van der Waals surface area (Å²) >= 11 is 0. The van der Waals surface area contributed by atoms with Crippen LogP contribution in [0.3, 0.4) is 0 Å². The van der Waals surface area contributed by atoms with Gasteiger partial charge in [0.15, 0.2) is 6.61 Å². The number of para-hydroxylation sites is 1. The van der Waals surface area contributed by atoms with Gasteiger partial charge in [0.25, 0.3) is 5.91 Å². The Balaban J connectivity index is 2.27. The molecule has 0 unspecified atom stereocenters. The van der Waals surface area contributed by atoms with E-state index in [1.807, 2.05) is 55.5 Å². The highest BCUT2D eigenvalue weighted by atomic mass is 16.5. The van der Waals surface area contributed by atoms with Crippen LogP contribution in [0.2, 0.25) is 0 Å². The number of ether oxygens (including phenoxy) is 2. The van der Waals surface area contributed by atoms with E-state index < -0.39 is 6.04 Å². The van der Waals surface area contributed by atoms with Crippen LogP contribution in [-0.4, -0.2) is 43.5 Å². The fraction of sp³-hybridized carbons (Fsp3) is 0.440. The molecule has 168 valence electrons. The van der Waals surface area contributed by atoms with Gasteiger partial charge in [-0.25, -0.2) is 0 Å². The Morgan fingerprint density at radius 1 is 1.10 bits per heavy atom. The average molecular weight is 427 g/mol. The topological polar surface area (TPSA) is 67.9 Å². The van der Waals surface area contributed by atoms with Gasteiger partial charge in [-0.15, -0.1) is 0 Å². The Morgan fingerprint density at radius 3 is 2.42 bits per heavy atom. The van der Waals surface area contributed by atoms with Crippen LogP contribution in [0.4, 0.5) is 0 Å². The van der Waals surface area contributed by atoms with Gasteiger partial charge >= 0.3 is 0 Å². The molecule has 0 bridgehead atoms. The minimum Gasteiger partial charge on any atom is -0.497 e. The summed E-state index contributed by atoms with van der Waals surface area (Å²) in [7, 11) is 3.18. The van der Waals surface area contributed by atoms with Crippen molar-refractivity contribution in [1.29, 1.82) is 0 Å². The van der Waals surface area contributed by atoms with E-state index >= 15 is 0 Å². The molecule has 2 aromatic rings. The molecule has 2 rings (SSSR count). The molecule has 6 heteroatoms. The van der Waals surface area contributed by atoms with Crippen molar-refractivity contribution >= 4 is 11.8 Å². The zero-order valence-corrected chi connectivity index (χ0v) is 19.4. The molecule has 2 aromatic carbocycles. The van der Waals surface area contributed by atoms with Gasteiger partial charge in [-0.05, 0) is 41.2 Å². The normalized spacial score (nSPS) is 12.1. The first-order valence-electron chi connectivity index (χ1n) is 10.6. The second kappa shape index (κ2) is 10.8. The molecule has 1 atom stereocenters. The first kappa shape index (κ1) is 24.3. The summed E-state index contributed by atoms with van der Waals surface area (Å²) in [6.45, 7) is 8.33. The number of rotatable bonds is 9. The SMILES string of the molecule is CC[C@@H](C(=O)NC)N(Cc1cccc(OC)c1)C(=O)COc1ccccc1C(C)(C)C. The molecular formula is C25H34N2O4. The molecule has 1 N–H and O–H groups in total. The fourth-order valence-corrected chi connectivity index (χ4v) is 3.49. The van der Waals surface area contributed by atoms with E-state index in [4.69, 9.17) is 9.47 Å². The highest BCUT2D eigenvalue weighted by Gasteiger charge is 2.29. The van der Waals surface area contributed by atoms with Gasteiger partial charge in [0, 0.05) is 13.6 Å². The molecule has 0 fully saturated rings. The van der Waals surface area contributed by atoms with Crippen LogP contribution in [0.15, 0.2) is 48.5 Å². The van der Waals surface area contributed by atoms with Crippen molar-refractivity contribution in [1.82, 2.24) is 10.2 Å². The summed E-state index contributed by atoms with van der Waals surface area (Å²) in [4.78, 5) is 27.3. The molecule has 0 saturated heterocycles. The van der Waals surface area contributed by atoms with Gasteiger partial charge in [0.2, 0.25) is 5.91 Å². The minimum absolute atomic E-state index is 0.117. The van der Waals surface area contributed by atoms with E-state index in [0.29, 0.717) is 17.9 Å². The smallest absolute Gasteiger partial charge is 0.261 e. The number of hydrogen-bond donors (Lipinski definition) is 1. The fourth-order valence-electron chi connectivity index (χ4n) is 3.49. The number of amides is 2. The van der Waals surface area contributed by atoms with E-state index in [-0.39, 0.29) is 30.4 Å². The number of hydrogen-bond acceptors (Lipinski definition) is 4. The maximum Gasteiger partial charge on any atom is 0.261 e. The summed E-state index contributed by atoms with van der Waals surface area (Å²) in [6.07, 6.45) is 0.494. The summed E-state index contributed by atoms with van der Waals surface area (Å²) in [5, 5.41) is 2.66. The van der Waals surface area contributed by atoms with Crippen LogP contribution in [0.25, 0.3) is 0 Å². The molecule has 0 radical (unpaired) electrons. The van der Waals surface area contributed by atoms with Gasteiger partial charge in [0.1, 0.15) is 17.5 Å². The Bertz CT molecular complexity index is 889. The van der Waals surface area contributed by atoms with Crippen molar-refractivity contribution in [2.75, 3.05) is 20.8 Å². The van der Waals surface area contributed by atoms with Crippen LogP contribution in [0.5, 0.6) is 11.5 Å². The predicted octanol–water partition coefficient (Wildman–Crippen LogP) is 3.92. The lowest BCUT2D eigenvalue weighted by molar-refractivity contribution is -0.142. The maximum atomic E-state index is 13.2. The lowest BCUT2D eigenvalue weighted by atomic mass is 9.86. The second-order valence-electron chi connectivity index (χ2n) is 8.45. The van der Waals surface area contributed by atoms with E-state index in [1.165, 1.54) is 0 Å². The number of methoxy groups -OCH3 is 1. The zero-order chi connectivity index (χ0) is 23.0. The number of carbonyl (C=O) groups is 2. The lowest BCUT2D eigenvalue weighted by Crippen LogP contribution is -2.49. The number of benzene rings is 2. The monoisotopic (exact) mass is 426 g/mol. The highest BCUT2D eigenvalue weighted by Crippen LogP contribution is 2.31. The third-order valence-corrected chi connectivity index (χ3v) is 5.17.